The van der Waals surface area contributed by atoms with Crippen molar-refractivity contribution >= 4 is 98.3 Å². The van der Waals surface area contributed by atoms with E-state index < -0.39 is 0 Å². The van der Waals surface area contributed by atoms with Crippen molar-refractivity contribution in [3.05, 3.63) is 281 Å². The minimum Gasteiger partial charge on any atom is -0.436 e. The summed E-state index contributed by atoms with van der Waals surface area (Å²) in [5.41, 5.74) is 13.2. The second kappa shape index (κ2) is 22.5. The Bertz CT molecular complexity index is 6430. The number of oxazole rings is 1. The van der Waals surface area contributed by atoms with E-state index in [9.17, 15) is 42.1 Å². The lowest BCUT2D eigenvalue weighted by Crippen LogP contribution is -2.16. The molecule has 0 amide bonds. The molecule has 0 N–H and O–H groups in total. The maximum absolute atomic E-state index is 10.8. The standard InChI is InChI=1S/C85H39N15O/c86-40-48-15-23-69-58(31-48)59-32-49(41-87)16-24-70(59)97(69)80-78(68-39-67(56-9-3-1-4-10-56)94-84(95-68)57-11-5-2-6-12-57)81(98-71-25-17-50(42-88)33-60(71)61-34-51(43-89)18-26-72(61)98)83(100-75-29-21-54(46-92)37-64(75)65-38-55(47-93)22-30-76(65)100)79(85-96-66-13-7-8-14-77(66)101-85)82(80)99-73-27-19-52(44-90)35-62(73)63-36-53(45-91)20-28-74(63)99/h1-39H. The average Bonchev–Trinajstić information content (AvgIpc) is 1.58. The highest BCUT2D eigenvalue weighted by molar-refractivity contribution is 6.19. The Kier molecular flexibility index (Phi) is 12.9. The fraction of sp³-hybridized carbons (Fsp3) is 0. The Balaban J connectivity index is 1.25. The number of benzene rings is 12. The first kappa shape index (κ1) is 57.9. The first-order valence-corrected chi connectivity index (χ1v) is 31.9. The van der Waals surface area contributed by atoms with E-state index in [1.165, 1.54) is 0 Å². The number of nitriles is 8. The van der Waals surface area contributed by atoms with Gasteiger partial charge in [0.1, 0.15) is 5.52 Å². The summed E-state index contributed by atoms with van der Waals surface area (Å²) in [6, 6.07) is 91.7. The van der Waals surface area contributed by atoms with Crippen LogP contribution in [-0.2, 0) is 0 Å². The highest BCUT2D eigenvalue weighted by Crippen LogP contribution is 2.55. The molecule has 18 rings (SSSR count). The van der Waals surface area contributed by atoms with Crippen molar-refractivity contribution in [3.8, 4) is 117 Å². The third-order valence-electron chi connectivity index (χ3n) is 19.0. The van der Waals surface area contributed by atoms with Gasteiger partial charge in [-0.15, -0.1) is 0 Å². The molecular weight excluding hydrogens is 1250 g/mol. The molecule has 0 fully saturated rings. The van der Waals surface area contributed by atoms with E-state index in [-0.39, 0.29) is 5.89 Å². The first-order valence-electron chi connectivity index (χ1n) is 31.9. The molecule has 0 aliphatic heterocycles. The number of fused-ring (bicyclic) bond motifs is 13. The Morgan fingerprint density at radius 1 is 0.257 bits per heavy atom. The van der Waals surface area contributed by atoms with Gasteiger partial charge in [0, 0.05) is 54.2 Å². The van der Waals surface area contributed by atoms with Crippen LogP contribution in [0, 0.1) is 90.6 Å². The van der Waals surface area contributed by atoms with Gasteiger partial charge < -0.3 is 22.7 Å². The van der Waals surface area contributed by atoms with Crippen LogP contribution in [0.25, 0.3) is 166 Å². The predicted octanol–water partition coefficient (Wildman–Crippen LogP) is 18.6. The van der Waals surface area contributed by atoms with Crippen molar-refractivity contribution in [1.29, 1.82) is 42.1 Å². The van der Waals surface area contributed by atoms with Gasteiger partial charge in [-0.2, -0.15) is 42.1 Å². The summed E-state index contributed by atoms with van der Waals surface area (Å²) in [5, 5.41) is 91.6. The van der Waals surface area contributed by atoms with Crippen LogP contribution in [0.2, 0.25) is 0 Å². The summed E-state index contributed by atoms with van der Waals surface area (Å²) in [6.45, 7) is 0. The summed E-state index contributed by atoms with van der Waals surface area (Å²) >= 11 is 0. The Hall–Kier alpha value is -15.7. The molecule has 6 aromatic heterocycles. The van der Waals surface area contributed by atoms with Gasteiger partial charge in [0.2, 0.25) is 5.89 Å². The molecule has 16 nitrogen and oxygen atoms in total. The molecular formula is C85H39N15O. The molecule has 460 valence electrons. The lowest BCUT2D eigenvalue weighted by molar-refractivity contribution is 0.619. The monoisotopic (exact) mass is 1290 g/mol. The summed E-state index contributed by atoms with van der Waals surface area (Å²) in [5.74, 6) is 0.454. The summed E-state index contributed by atoms with van der Waals surface area (Å²) in [6.07, 6.45) is 0. The van der Waals surface area contributed by atoms with Crippen molar-refractivity contribution in [2.45, 2.75) is 0 Å². The second-order valence-electron chi connectivity index (χ2n) is 24.4. The molecule has 0 spiro atoms. The third-order valence-corrected chi connectivity index (χ3v) is 19.0. The maximum atomic E-state index is 10.8. The molecule has 0 atom stereocenters. The zero-order valence-electron chi connectivity index (χ0n) is 52.6. The van der Waals surface area contributed by atoms with Crippen molar-refractivity contribution in [3.63, 3.8) is 0 Å². The number of para-hydroxylation sites is 2. The van der Waals surface area contributed by atoms with E-state index in [1.807, 2.05) is 188 Å². The van der Waals surface area contributed by atoms with E-state index in [1.54, 1.807) is 48.5 Å². The van der Waals surface area contributed by atoms with Crippen LogP contribution >= 0.6 is 0 Å². The SMILES string of the molecule is N#Cc1ccc2c(c1)c1cc(C#N)ccc1n2-c1c(-c2cc(-c3ccccc3)nc(-c3ccccc3)n2)c(-n2c3ccc(C#N)cc3c3cc(C#N)ccc32)c(-n2c3ccc(C#N)cc3c3cc(C#N)ccc32)c(-c2nc3ccccc3o2)c1-n1c2ccc(C#N)cc2c2cc(C#N)ccc21. The fourth-order valence-electron chi connectivity index (χ4n) is 14.7. The minimum absolute atomic E-state index is 0.107. The van der Waals surface area contributed by atoms with Crippen LogP contribution in [0.1, 0.15) is 44.5 Å². The molecule has 0 aliphatic carbocycles. The molecule has 0 aliphatic rings. The lowest BCUT2D eigenvalue weighted by atomic mass is 9.94. The Morgan fingerprint density at radius 2 is 0.535 bits per heavy atom. The fourth-order valence-corrected chi connectivity index (χ4v) is 14.7. The van der Waals surface area contributed by atoms with Crippen LogP contribution in [0.3, 0.4) is 0 Å². The molecule has 0 unspecified atom stereocenters. The summed E-state index contributed by atoms with van der Waals surface area (Å²) < 4.78 is 15.9. The van der Waals surface area contributed by atoms with Gasteiger partial charge in [0.05, 0.1) is 182 Å². The number of hydrogen-bond donors (Lipinski definition) is 0. The quantitative estimate of drug-likeness (QED) is 0.137. The van der Waals surface area contributed by atoms with E-state index in [4.69, 9.17) is 19.4 Å². The highest BCUT2D eigenvalue weighted by atomic mass is 16.3. The van der Waals surface area contributed by atoms with Crippen molar-refractivity contribution < 1.29 is 4.42 Å². The predicted molar refractivity (Wildman–Crippen MR) is 386 cm³/mol. The van der Waals surface area contributed by atoms with Crippen molar-refractivity contribution in [2.75, 3.05) is 0 Å². The van der Waals surface area contributed by atoms with Gasteiger partial charge in [-0.1, -0.05) is 72.8 Å². The number of rotatable bonds is 8. The molecule has 6 heterocycles. The Morgan fingerprint density at radius 3 is 0.842 bits per heavy atom. The molecule has 16 heteroatoms. The van der Waals surface area contributed by atoms with Gasteiger partial charge >= 0.3 is 0 Å². The summed E-state index contributed by atoms with van der Waals surface area (Å²) in [7, 11) is 0. The largest absolute Gasteiger partial charge is 0.436 e. The zero-order valence-corrected chi connectivity index (χ0v) is 52.6. The van der Waals surface area contributed by atoms with Gasteiger partial charge in [-0.05, 0) is 164 Å². The van der Waals surface area contributed by atoms with Gasteiger partial charge in [0.15, 0.2) is 11.4 Å². The lowest BCUT2D eigenvalue weighted by Gasteiger charge is -2.30. The molecule has 101 heavy (non-hydrogen) atoms. The maximum Gasteiger partial charge on any atom is 0.231 e. The van der Waals surface area contributed by atoms with E-state index in [2.05, 4.69) is 66.8 Å². The van der Waals surface area contributed by atoms with Crippen LogP contribution < -0.4 is 0 Å². The third kappa shape index (κ3) is 8.76. The van der Waals surface area contributed by atoms with E-state index in [0.29, 0.717) is 199 Å². The van der Waals surface area contributed by atoms with Crippen LogP contribution in [-0.4, -0.2) is 33.2 Å². The van der Waals surface area contributed by atoms with Crippen molar-refractivity contribution in [2.24, 2.45) is 0 Å². The topological polar surface area (TPSA) is 262 Å². The smallest absolute Gasteiger partial charge is 0.231 e. The molecule has 0 bridgehead atoms. The van der Waals surface area contributed by atoms with Crippen LogP contribution in [0.15, 0.2) is 241 Å². The number of hydrogen-bond acceptors (Lipinski definition) is 12. The highest BCUT2D eigenvalue weighted by Gasteiger charge is 2.38. The number of nitrogens with zero attached hydrogens (tertiary/aromatic N) is 15. The van der Waals surface area contributed by atoms with Crippen LogP contribution in [0.4, 0.5) is 0 Å². The van der Waals surface area contributed by atoms with Gasteiger partial charge in [-0.3, -0.25) is 0 Å². The van der Waals surface area contributed by atoms with Crippen molar-refractivity contribution in [1.82, 2.24) is 33.2 Å². The van der Waals surface area contributed by atoms with E-state index in [0.717, 1.165) is 5.56 Å². The molecule has 0 saturated carbocycles. The Labute approximate surface area is 572 Å². The van der Waals surface area contributed by atoms with E-state index >= 15 is 0 Å². The minimum atomic E-state index is 0.107. The number of aromatic nitrogens is 7. The first-order chi connectivity index (χ1) is 49.7. The zero-order chi connectivity index (χ0) is 68.3. The normalized spacial score (nSPS) is 11.3. The molecule has 0 saturated heterocycles. The van der Waals surface area contributed by atoms with Gasteiger partial charge in [-0.25, -0.2) is 15.0 Å². The molecule has 0 radical (unpaired) electrons. The van der Waals surface area contributed by atoms with Gasteiger partial charge in [0.25, 0.3) is 0 Å². The molecule has 18 aromatic rings. The molecule has 12 aromatic carbocycles. The van der Waals surface area contributed by atoms with Crippen LogP contribution in [0.5, 0.6) is 0 Å². The average molecular weight is 1290 g/mol. The second-order valence-corrected chi connectivity index (χ2v) is 24.4. The summed E-state index contributed by atoms with van der Waals surface area (Å²) in [4.78, 5) is 16.9.